The molecule has 0 aliphatic rings. The van der Waals surface area contributed by atoms with Gasteiger partial charge in [0.05, 0.1) is 12.9 Å². The lowest BCUT2D eigenvalue weighted by Crippen LogP contribution is -2.30. The summed E-state index contributed by atoms with van der Waals surface area (Å²) in [4.78, 5) is 16.8. The number of aliphatic hydroxyl groups excluding tert-OH is 1. The number of aliphatic hydroxyl groups is 1. The van der Waals surface area contributed by atoms with Gasteiger partial charge in [0.15, 0.2) is 0 Å². The summed E-state index contributed by atoms with van der Waals surface area (Å²) in [6.45, 7) is 1.03. The fourth-order valence-corrected chi connectivity index (χ4v) is 1.11. The molecule has 1 heterocycles. The van der Waals surface area contributed by atoms with E-state index in [-0.39, 0.29) is 12.5 Å². The van der Waals surface area contributed by atoms with Crippen molar-refractivity contribution in [3.05, 3.63) is 18.7 Å². The molecule has 0 aromatic carbocycles. The van der Waals surface area contributed by atoms with Crippen molar-refractivity contribution in [2.45, 2.75) is 13.0 Å². The third-order valence-electron chi connectivity index (χ3n) is 2.00. The number of aromatic nitrogens is 2. The van der Waals surface area contributed by atoms with E-state index in [0.717, 1.165) is 0 Å². The van der Waals surface area contributed by atoms with E-state index in [9.17, 15) is 4.79 Å². The molecule has 5 heteroatoms. The van der Waals surface area contributed by atoms with E-state index in [0.29, 0.717) is 19.5 Å². The quantitative estimate of drug-likeness (QED) is 0.706. The Morgan fingerprint density at radius 2 is 2.43 bits per heavy atom. The van der Waals surface area contributed by atoms with Crippen molar-refractivity contribution in [1.82, 2.24) is 14.5 Å². The Hall–Kier alpha value is -1.36. The molecule has 78 valence electrons. The molecule has 1 aromatic rings. The van der Waals surface area contributed by atoms with Crippen LogP contribution >= 0.6 is 0 Å². The SMILES string of the molecule is CN(CCO)C(=O)CCn1ccnc1. The van der Waals surface area contributed by atoms with E-state index in [1.165, 1.54) is 4.90 Å². The highest BCUT2D eigenvalue weighted by molar-refractivity contribution is 5.75. The number of nitrogens with zero attached hydrogens (tertiary/aromatic N) is 3. The Kier molecular flexibility index (Phi) is 4.12. The number of likely N-dealkylation sites (N-methyl/N-ethyl adjacent to an activating group) is 1. The molecule has 0 radical (unpaired) electrons. The molecule has 1 rings (SSSR count). The largest absolute Gasteiger partial charge is 0.395 e. The molecule has 0 fully saturated rings. The van der Waals surface area contributed by atoms with Crippen molar-refractivity contribution in [2.75, 3.05) is 20.2 Å². The first-order valence-corrected chi connectivity index (χ1v) is 4.54. The van der Waals surface area contributed by atoms with E-state index in [4.69, 9.17) is 5.11 Å². The molecule has 1 aromatic heterocycles. The summed E-state index contributed by atoms with van der Waals surface area (Å²) in [6.07, 6.45) is 5.62. The summed E-state index contributed by atoms with van der Waals surface area (Å²) in [5.41, 5.74) is 0. The lowest BCUT2D eigenvalue weighted by molar-refractivity contribution is -0.130. The maximum Gasteiger partial charge on any atom is 0.224 e. The average molecular weight is 197 g/mol. The fourth-order valence-electron chi connectivity index (χ4n) is 1.11. The van der Waals surface area contributed by atoms with Crippen LogP contribution in [0.2, 0.25) is 0 Å². The molecule has 0 spiro atoms. The summed E-state index contributed by atoms with van der Waals surface area (Å²) in [6, 6.07) is 0. The smallest absolute Gasteiger partial charge is 0.224 e. The average Bonchev–Trinajstić information content (AvgIpc) is 2.67. The Morgan fingerprint density at radius 1 is 1.64 bits per heavy atom. The minimum absolute atomic E-state index is 0.00726. The van der Waals surface area contributed by atoms with Gasteiger partial charge >= 0.3 is 0 Å². The van der Waals surface area contributed by atoms with Crippen LogP contribution in [0.15, 0.2) is 18.7 Å². The predicted octanol–water partition coefficient (Wildman–Crippen LogP) is -0.276. The van der Waals surface area contributed by atoms with Crippen molar-refractivity contribution in [3.63, 3.8) is 0 Å². The van der Waals surface area contributed by atoms with E-state index in [1.54, 1.807) is 19.6 Å². The summed E-state index contributed by atoms with van der Waals surface area (Å²) in [5, 5.41) is 8.63. The number of rotatable bonds is 5. The molecule has 0 saturated heterocycles. The molecule has 0 bridgehead atoms. The number of hydrogen-bond donors (Lipinski definition) is 1. The molecule has 0 unspecified atom stereocenters. The van der Waals surface area contributed by atoms with Crippen molar-refractivity contribution >= 4 is 5.91 Å². The Balaban J connectivity index is 2.27. The van der Waals surface area contributed by atoms with Crippen LogP contribution in [0.5, 0.6) is 0 Å². The van der Waals surface area contributed by atoms with Crippen LogP contribution in [0, 0.1) is 0 Å². The Morgan fingerprint density at radius 3 is 3.00 bits per heavy atom. The third kappa shape index (κ3) is 3.18. The van der Waals surface area contributed by atoms with Crippen LogP contribution in [0.4, 0.5) is 0 Å². The molecular weight excluding hydrogens is 182 g/mol. The summed E-state index contributed by atoms with van der Waals surface area (Å²) in [7, 11) is 1.69. The van der Waals surface area contributed by atoms with Gasteiger partial charge in [-0.05, 0) is 0 Å². The molecule has 14 heavy (non-hydrogen) atoms. The van der Waals surface area contributed by atoms with Crippen molar-refractivity contribution in [2.24, 2.45) is 0 Å². The zero-order valence-corrected chi connectivity index (χ0v) is 8.26. The molecular formula is C9H15N3O2. The molecule has 0 aliphatic heterocycles. The van der Waals surface area contributed by atoms with Gasteiger partial charge in [0, 0.05) is 39.0 Å². The fraction of sp³-hybridized carbons (Fsp3) is 0.556. The van der Waals surface area contributed by atoms with E-state index in [2.05, 4.69) is 4.98 Å². The van der Waals surface area contributed by atoms with Crippen LogP contribution in [-0.4, -0.2) is 45.7 Å². The van der Waals surface area contributed by atoms with Crippen LogP contribution in [0.3, 0.4) is 0 Å². The molecule has 5 nitrogen and oxygen atoms in total. The number of carbonyl (C=O) groups is 1. The van der Waals surface area contributed by atoms with Gasteiger partial charge in [0.25, 0.3) is 0 Å². The molecule has 1 amide bonds. The standard InChI is InChI=1S/C9H15N3O2/c1-11(6-7-13)9(14)2-4-12-5-3-10-8-12/h3,5,8,13H,2,4,6-7H2,1H3. The monoisotopic (exact) mass is 197 g/mol. The lowest BCUT2D eigenvalue weighted by Gasteiger charge is -2.15. The van der Waals surface area contributed by atoms with E-state index >= 15 is 0 Å². The second kappa shape index (κ2) is 5.39. The van der Waals surface area contributed by atoms with Gasteiger partial charge in [0.1, 0.15) is 0 Å². The maximum atomic E-state index is 11.4. The van der Waals surface area contributed by atoms with Crippen molar-refractivity contribution in [1.29, 1.82) is 0 Å². The molecule has 1 N–H and O–H groups in total. The van der Waals surface area contributed by atoms with Gasteiger partial charge in [-0.25, -0.2) is 4.98 Å². The summed E-state index contributed by atoms with van der Waals surface area (Å²) >= 11 is 0. The zero-order chi connectivity index (χ0) is 10.4. The minimum Gasteiger partial charge on any atom is -0.395 e. The second-order valence-electron chi connectivity index (χ2n) is 3.09. The third-order valence-corrected chi connectivity index (χ3v) is 2.00. The van der Waals surface area contributed by atoms with Gasteiger partial charge in [-0.15, -0.1) is 0 Å². The highest BCUT2D eigenvalue weighted by Crippen LogP contribution is 1.95. The first kappa shape index (κ1) is 10.7. The van der Waals surface area contributed by atoms with Crippen LogP contribution in [-0.2, 0) is 11.3 Å². The highest BCUT2D eigenvalue weighted by atomic mass is 16.3. The summed E-state index contributed by atoms with van der Waals surface area (Å²) < 4.78 is 1.85. The van der Waals surface area contributed by atoms with Gasteiger partial charge in [-0.1, -0.05) is 0 Å². The molecule has 0 atom stereocenters. The second-order valence-corrected chi connectivity index (χ2v) is 3.09. The number of aryl methyl sites for hydroxylation is 1. The minimum atomic E-state index is 0.00726. The molecule has 0 saturated carbocycles. The van der Waals surface area contributed by atoms with Crippen LogP contribution < -0.4 is 0 Å². The maximum absolute atomic E-state index is 11.4. The van der Waals surface area contributed by atoms with Gasteiger partial charge in [-0.3, -0.25) is 4.79 Å². The predicted molar refractivity (Wildman–Crippen MR) is 51.6 cm³/mol. The number of imidazole rings is 1. The van der Waals surface area contributed by atoms with Crippen molar-refractivity contribution < 1.29 is 9.90 Å². The Labute approximate surface area is 83.0 Å². The van der Waals surface area contributed by atoms with Crippen molar-refractivity contribution in [3.8, 4) is 0 Å². The topological polar surface area (TPSA) is 58.4 Å². The molecule has 0 aliphatic carbocycles. The highest BCUT2D eigenvalue weighted by Gasteiger charge is 2.07. The van der Waals surface area contributed by atoms with Gasteiger partial charge < -0.3 is 14.6 Å². The van der Waals surface area contributed by atoms with Gasteiger partial charge in [-0.2, -0.15) is 0 Å². The zero-order valence-electron chi connectivity index (χ0n) is 8.26. The number of hydrogen-bond acceptors (Lipinski definition) is 3. The first-order chi connectivity index (χ1) is 6.74. The van der Waals surface area contributed by atoms with Crippen LogP contribution in [0.25, 0.3) is 0 Å². The van der Waals surface area contributed by atoms with E-state index in [1.807, 2.05) is 10.8 Å². The van der Waals surface area contributed by atoms with Crippen LogP contribution in [0.1, 0.15) is 6.42 Å². The number of carbonyl (C=O) groups excluding carboxylic acids is 1. The lowest BCUT2D eigenvalue weighted by atomic mass is 10.3. The van der Waals surface area contributed by atoms with Gasteiger partial charge in [0.2, 0.25) is 5.91 Å². The summed E-state index contributed by atoms with van der Waals surface area (Å²) in [5.74, 6) is 0.0350. The Bertz CT molecular complexity index is 272. The number of amides is 1. The normalized spacial score (nSPS) is 10.1. The van der Waals surface area contributed by atoms with E-state index < -0.39 is 0 Å². The first-order valence-electron chi connectivity index (χ1n) is 4.54.